The van der Waals surface area contributed by atoms with Crippen LogP contribution in [0.5, 0.6) is 0 Å². The van der Waals surface area contributed by atoms with Crippen molar-refractivity contribution >= 4 is 11.6 Å². The highest BCUT2D eigenvalue weighted by Crippen LogP contribution is 2.22. The molecule has 0 radical (unpaired) electrons. The molecule has 1 saturated heterocycles. The molecular formula is C15H17ClFN3O2. The van der Waals surface area contributed by atoms with Crippen LogP contribution in [0.15, 0.2) is 23.0 Å². The smallest absolute Gasteiger partial charge is 0.345 e. The Bertz CT molecular complexity index is 715. The van der Waals surface area contributed by atoms with Gasteiger partial charge in [0.15, 0.2) is 0 Å². The number of aromatic nitrogens is 3. The Morgan fingerprint density at radius 2 is 2.32 bits per heavy atom. The number of ether oxygens (including phenoxy) is 1. The standard InChI is InChI=1S/C15H17ClFN3O2/c1-19-15(21)20(9-10-4-3-7-22-10)14(18-19)8-11-12(16)5-2-6-13(11)17/h2,5-6,10H,3-4,7-9H2,1H3. The molecule has 1 aliphatic rings. The SMILES string of the molecule is Cn1nc(Cc2c(F)cccc2Cl)n(CC2CCCO2)c1=O. The van der Waals surface area contributed by atoms with E-state index in [1.165, 1.54) is 10.7 Å². The van der Waals surface area contributed by atoms with Gasteiger partial charge in [0.2, 0.25) is 0 Å². The fraction of sp³-hybridized carbons (Fsp3) is 0.467. The second-order valence-electron chi connectivity index (χ2n) is 5.45. The topological polar surface area (TPSA) is 49.0 Å². The summed E-state index contributed by atoms with van der Waals surface area (Å²) >= 11 is 6.06. The van der Waals surface area contributed by atoms with Crippen LogP contribution in [-0.2, 0) is 24.8 Å². The Balaban J connectivity index is 1.93. The molecule has 1 aromatic carbocycles. The van der Waals surface area contributed by atoms with Gasteiger partial charge in [0, 0.05) is 30.7 Å². The Labute approximate surface area is 132 Å². The molecule has 7 heteroatoms. The molecule has 5 nitrogen and oxygen atoms in total. The highest BCUT2D eigenvalue weighted by Gasteiger charge is 2.21. The van der Waals surface area contributed by atoms with Crippen LogP contribution in [0.2, 0.25) is 5.02 Å². The molecule has 0 amide bonds. The minimum atomic E-state index is -0.394. The van der Waals surface area contributed by atoms with Crippen molar-refractivity contribution in [2.75, 3.05) is 6.61 Å². The van der Waals surface area contributed by atoms with E-state index in [-0.39, 0.29) is 18.2 Å². The number of hydrogen-bond donors (Lipinski definition) is 0. The van der Waals surface area contributed by atoms with E-state index in [1.807, 2.05) is 0 Å². The van der Waals surface area contributed by atoms with E-state index in [4.69, 9.17) is 16.3 Å². The minimum Gasteiger partial charge on any atom is -0.376 e. The van der Waals surface area contributed by atoms with Gasteiger partial charge >= 0.3 is 5.69 Å². The van der Waals surface area contributed by atoms with Crippen molar-refractivity contribution in [2.45, 2.75) is 31.9 Å². The van der Waals surface area contributed by atoms with Crippen LogP contribution in [0, 0.1) is 5.82 Å². The molecular weight excluding hydrogens is 309 g/mol. The summed E-state index contributed by atoms with van der Waals surface area (Å²) in [6, 6.07) is 4.54. The summed E-state index contributed by atoms with van der Waals surface area (Å²) in [5.41, 5.74) is 0.126. The molecule has 0 saturated carbocycles. The van der Waals surface area contributed by atoms with E-state index in [0.29, 0.717) is 29.6 Å². The van der Waals surface area contributed by atoms with Gasteiger partial charge in [-0.2, -0.15) is 5.10 Å². The molecule has 3 rings (SSSR count). The monoisotopic (exact) mass is 325 g/mol. The van der Waals surface area contributed by atoms with Crippen LogP contribution < -0.4 is 5.69 Å². The lowest BCUT2D eigenvalue weighted by molar-refractivity contribution is 0.0954. The lowest BCUT2D eigenvalue weighted by Gasteiger charge is -2.12. The van der Waals surface area contributed by atoms with E-state index in [9.17, 15) is 9.18 Å². The zero-order valence-electron chi connectivity index (χ0n) is 12.3. The summed E-state index contributed by atoms with van der Waals surface area (Å²) in [4.78, 5) is 12.2. The summed E-state index contributed by atoms with van der Waals surface area (Å²) in [7, 11) is 1.58. The highest BCUT2D eigenvalue weighted by molar-refractivity contribution is 6.31. The van der Waals surface area contributed by atoms with E-state index in [1.54, 1.807) is 23.7 Å². The van der Waals surface area contributed by atoms with Gasteiger partial charge in [-0.15, -0.1) is 0 Å². The third-order valence-corrected chi connectivity index (χ3v) is 4.25. The molecule has 0 N–H and O–H groups in total. The molecule has 0 aliphatic carbocycles. The second-order valence-corrected chi connectivity index (χ2v) is 5.85. The number of hydrogen-bond acceptors (Lipinski definition) is 3. The number of halogens is 2. The summed E-state index contributed by atoms with van der Waals surface area (Å²) in [5.74, 6) is 0.101. The molecule has 1 unspecified atom stereocenters. The summed E-state index contributed by atoms with van der Waals surface area (Å²) in [6.45, 7) is 1.15. The van der Waals surface area contributed by atoms with E-state index in [0.717, 1.165) is 12.8 Å². The molecule has 22 heavy (non-hydrogen) atoms. The Morgan fingerprint density at radius 1 is 1.50 bits per heavy atom. The van der Waals surface area contributed by atoms with Crippen LogP contribution in [0.3, 0.4) is 0 Å². The van der Waals surface area contributed by atoms with Gasteiger partial charge in [-0.25, -0.2) is 13.9 Å². The van der Waals surface area contributed by atoms with E-state index < -0.39 is 5.82 Å². The number of nitrogens with zero attached hydrogens (tertiary/aromatic N) is 3. The molecule has 118 valence electrons. The van der Waals surface area contributed by atoms with Gasteiger partial charge in [0.05, 0.1) is 12.6 Å². The van der Waals surface area contributed by atoms with Crippen LogP contribution in [0.4, 0.5) is 4.39 Å². The van der Waals surface area contributed by atoms with Crippen LogP contribution in [0.1, 0.15) is 24.2 Å². The molecule has 2 heterocycles. The maximum Gasteiger partial charge on any atom is 0.345 e. The molecule has 0 bridgehead atoms. The zero-order chi connectivity index (χ0) is 15.7. The first-order valence-corrected chi connectivity index (χ1v) is 7.61. The summed E-state index contributed by atoms with van der Waals surface area (Å²) < 4.78 is 22.3. The van der Waals surface area contributed by atoms with Crippen molar-refractivity contribution in [1.82, 2.24) is 14.3 Å². The lowest BCUT2D eigenvalue weighted by atomic mass is 10.1. The molecule has 1 aromatic heterocycles. The molecule has 1 aliphatic heterocycles. The van der Waals surface area contributed by atoms with Crippen molar-refractivity contribution in [2.24, 2.45) is 7.05 Å². The highest BCUT2D eigenvalue weighted by atomic mass is 35.5. The van der Waals surface area contributed by atoms with Crippen LogP contribution in [-0.4, -0.2) is 27.1 Å². The summed E-state index contributed by atoms with van der Waals surface area (Å²) in [6.07, 6.45) is 2.10. The van der Waals surface area contributed by atoms with Gasteiger partial charge in [-0.1, -0.05) is 17.7 Å². The van der Waals surface area contributed by atoms with Crippen molar-refractivity contribution in [1.29, 1.82) is 0 Å². The minimum absolute atomic E-state index is 0.0109. The fourth-order valence-electron chi connectivity index (χ4n) is 2.72. The maximum absolute atomic E-state index is 13.9. The summed E-state index contributed by atoms with van der Waals surface area (Å²) in [5, 5.41) is 4.55. The Kier molecular flexibility index (Phi) is 4.31. The third-order valence-electron chi connectivity index (χ3n) is 3.89. The van der Waals surface area contributed by atoms with Gasteiger partial charge in [-0.05, 0) is 25.0 Å². The van der Waals surface area contributed by atoms with E-state index in [2.05, 4.69) is 5.10 Å². The molecule has 1 atom stereocenters. The average molecular weight is 326 g/mol. The Hall–Kier alpha value is -1.66. The second kappa shape index (κ2) is 6.22. The molecule has 0 spiro atoms. The molecule has 1 fully saturated rings. The van der Waals surface area contributed by atoms with Gasteiger partial charge in [0.1, 0.15) is 11.6 Å². The average Bonchev–Trinajstić information content (AvgIpc) is 3.08. The van der Waals surface area contributed by atoms with Crippen molar-refractivity contribution < 1.29 is 9.13 Å². The number of rotatable bonds is 4. The van der Waals surface area contributed by atoms with E-state index >= 15 is 0 Å². The molecule has 2 aromatic rings. The van der Waals surface area contributed by atoms with Gasteiger partial charge < -0.3 is 4.74 Å². The zero-order valence-corrected chi connectivity index (χ0v) is 13.0. The maximum atomic E-state index is 13.9. The van der Waals surface area contributed by atoms with Crippen LogP contribution in [0.25, 0.3) is 0 Å². The van der Waals surface area contributed by atoms with Crippen molar-refractivity contribution in [3.63, 3.8) is 0 Å². The van der Waals surface area contributed by atoms with Crippen molar-refractivity contribution in [3.8, 4) is 0 Å². The number of benzene rings is 1. The van der Waals surface area contributed by atoms with Crippen molar-refractivity contribution in [3.05, 3.63) is 50.9 Å². The number of aryl methyl sites for hydroxylation is 1. The Morgan fingerprint density at radius 3 is 3.00 bits per heavy atom. The normalized spacial score (nSPS) is 18.0. The quantitative estimate of drug-likeness (QED) is 0.865. The van der Waals surface area contributed by atoms with Gasteiger partial charge in [-0.3, -0.25) is 4.57 Å². The first-order valence-electron chi connectivity index (χ1n) is 7.23. The largest absolute Gasteiger partial charge is 0.376 e. The first-order chi connectivity index (χ1) is 10.6. The first kappa shape index (κ1) is 15.2. The predicted molar refractivity (Wildman–Crippen MR) is 80.7 cm³/mol. The predicted octanol–water partition coefficient (Wildman–Crippen LogP) is 2.14. The van der Waals surface area contributed by atoms with Gasteiger partial charge in [0.25, 0.3) is 0 Å². The fourth-order valence-corrected chi connectivity index (χ4v) is 2.95. The van der Waals surface area contributed by atoms with Crippen LogP contribution >= 0.6 is 11.6 Å². The third kappa shape index (κ3) is 2.94. The lowest BCUT2D eigenvalue weighted by Crippen LogP contribution is -2.28.